The molecule has 2 amide bonds. The van der Waals surface area contributed by atoms with Crippen LogP contribution in [0.2, 0.25) is 0 Å². The summed E-state index contributed by atoms with van der Waals surface area (Å²) in [7, 11) is 0. The van der Waals surface area contributed by atoms with Gasteiger partial charge in [-0.05, 0) is 57.4 Å². The largest absolute Gasteiger partial charge is 0.462 e. The fraction of sp³-hybridized carbons (Fsp3) is 0.500. The number of benzene rings is 1. The monoisotopic (exact) mass is 412 g/mol. The Bertz CT molecular complexity index is 898. The van der Waals surface area contributed by atoms with Gasteiger partial charge in [-0.25, -0.2) is 14.3 Å². The average molecular weight is 412 g/mol. The Hall–Kier alpha value is -2.87. The van der Waals surface area contributed by atoms with Crippen molar-refractivity contribution >= 4 is 17.7 Å². The Morgan fingerprint density at radius 1 is 1.27 bits per heavy atom. The maximum Gasteiger partial charge on any atom is 0.341 e. The van der Waals surface area contributed by atoms with Crippen LogP contribution >= 0.6 is 0 Å². The predicted molar refractivity (Wildman–Crippen MR) is 112 cm³/mol. The predicted octanol–water partition coefficient (Wildman–Crippen LogP) is 3.39. The fourth-order valence-electron chi connectivity index (χ4n) is 3.75. The molecule has 2 aromatic rings. The van der Waals surface area contributed by atoms with E-state index in [0.717, 1.165) is 50.4 Å². The van der Waals surface area contributed by atoms with Crippen molar-refractivity contribution in [3.8, 4) is 5.69 Å². The zero-order chi connectivity index (χ0) is 21.1. The Balaban J connectivity index is 1.42. The maximum absolute atomic E-state index is 12.8. The van der Waals surface area contributed by atoms with Crippen LogP contribution in [0.25, 0.3) is 5.69 Å². The van der Waals surface area contributed by atoms with Gasteiger partial charge in [0.25, 0.3) is 0 Å². The summed E-state index contributed by atoms with van der Waals surface area (Å²) >= 11 is 0. The number of hydrogen-bond donors (Lipinski definition) is 1. The van der Waals surface area contributed by atoms with Gasteiger partial charge < -0.3 is 19.7 Å². The van der Waals surface area contributed by atoms with Gasteiger partial charge in [0, 0.05) is 30.8 Å². The van der Waals surface area contributed by atoms with E-state index in [0.29, 0.717) is 29.8 Å². The van der Waals surface area contributed by atoms with Crippen molar-refractivity contribution in [2.24, 2.45) is 5.92 Å². The van der Waals surface area contributed by atoms with Crippen LogP contribution in [-0.2, 0) is 9.47 Å². The van der Waals surface area contributed by atoms with Crippen molar-refractivity contribution in [1.82, 2.24) is 14.7 Å². The highest BCUT2D eigenvalue weighted by Gasteiger charge is 2.34. The second-order valence-electron chi connectivity index (χ2n) is 7.87. The molecule has 4 rings (SSSR count). The first-order chi connectivity index (χ1) is 14.6. The molecule has 0 radical (unpaired) electrons. The molecule has 2 heterocycles. The molecular weight excluding hydrogens is 384 g/mol. The summed E-state index contributed by atoms with van der Waals surface area (Å²) in [5.41, 5.74) is 2.70. The van der Waals surface area contributed by atoms with Crippen molar-refractivity contribution in [1.29, 1.82) is 0 Å². The van der Waals surface area contributed by atoms with Crippen LogP contribution in [0, 0.1) is 12.8 Å². The number of ether oxygens (including phenoxy) is 2. The second-order valence-corrected chi connectivity index (χ2v) is 7.87. The first-order valence-electron chi connectivity index (χ1n) is 10.5. The van der Waals surface area contributed by atoms with Crippen LogP contribution in [0.4, 0.5) is 10.5 Å². The third-order valence-electron chi connectivity index (χ3n) is 5.60. The Kier molecular flexibility index (Phi) is 6.03. The van der Waals surface area contributed by atoms with E-state index in [1.807, 2.05) is 36.1 Å². The number of nitrogens with zero attached hydrogens (tertiary/aromatic N) is 3. The zero-order valence-corrected chi connectivity index (χ0v) is 17.5. The van der Waals surface area contributed by atoms with E-state index in [2.05, 4.69) is 10.4 Å². The number of anilines is 1. The third-order valence-corrected chi connectivity index (χ3v) is 5.60. The Morgan fingerprint density at radius 2 is 2.03 bits per heavy atom. The fourth-order valence-corrected chi connectivity index (χ4v) is 3.75. The Morgan fingerprint density at radius 3 is 2.67 bits per heavy atom. The minimum atomic E-state index is -0.377. The van der Waals surface area contributed by atoms with E-state index >= 15 is 0 Å². The van der Waals surface area contributed by atoms with Crippen LogP contribution in [0.15, 0.2) is 30.5 Å². The summed E-state index contributed by atoms with van der Waals surface area (Å²) in [5.74, 6) is 0.0491. The number of urea groups is 1. The molecule has 1 aliphatic carbocycles. The smallest absolute Gasteiger partial charge is 0.341 e. The highest BCUT2D eigenvalue weighted by atomic mass is 16.5. The van der Waals surface area contributed by atoms with Crippen LogP contribution in [0.3, 0.4) is 0 Å². The van der Waals surface area contributed by atoms with E-state index in [1.165, 1.54) is 6.20 Å². The van der Waals surface area contributed by atoms with Crippen LogP contribution < -0.4 is 5.32 Å². The molecule has 1 aromatic heterocycles. The van der Waals surface area contributed by atoms with Crippen molar-refractivity contribution in [3.63, 3.8) is 0 Å². The number of aromatic nitrogens is 2. The first kappa shape index (κ1) is 20.4. The minimum Gasteiger partial charge on any atom is -0.462 e. The van der Waals surface area contributed by atoms with Crippen LogP contribution in [-0.4, -0.2) is 59.1 Å². The van der Waals surface area contributed by atoms with E-state index in [4.69, 9.17) is 9.47 Å². The molecule has 1 aliphatic heterocycles. The van der Waals surface area contributed by atoms with Gasteiger partial charge >= 0.3 is 12.0 Å². The molecule has 0 unspecified atom stereocenters. The normalized spacial score (nSPS) is 18.3. The molecule has 2 aliphatic rings. The van der Waals surface area contributed by atoms with Gasteiger partial charge in [-0.2, -0.15) is 5.10 Å². The van der Waals surface area contributed by atoms with Crippen molar-refractivity contribution in [2.75, 3.05) is 31.7 Å². The molecular formula is C22H28N4O4. The molecule has 160 valence electrons. The number of rotatable bonds is 7. The number of esters is 1. The van der Waals surface area contributed by atoms with Gasteiger partial charge in [-0.15, -0.1) is 0 Å². The highest BCUT2D eigenvalue weighted by molar-refractivity contribution is 5.91. The third kappa shape index (κ3) is 4.48. The summed E-state index contributed by atoms with van der Waals surface area (Å²) in [6, 6.07) is 7.73. The summed E-state index contributed by atoms with van der Waals surface area (Å²) in [6.45, 7) is 6.20. The molecule has 1 N–H and O–H groups in total. The van der Waals surface area contributed by atoms with Gasteiger partial charge in [-0.1, -0.05) is 0 Å². The highest BCUT2D eigenvalue weighted by Crippen LogP contribution is 2.29. The average Bonchev–Trinajstić information content (AvgIpc) is 3.30. The van der Waals surface area contributed by atoms with E-state index in [1.54, 1.807) is 11.6 Å². The van der Waals surface area contributed by atoms with Crippen molar-refractivity contribution < 1.29 is 19.1 Å². The lowest BCUT2D eigenvalue weighted by Gasteiger charge is -2.25. The topological polar surface area (TPSA) is 85.7 Å². The van der Waals surface area contributed by atoms with Crippen LogP contribution in [0.1, 0.15) is 42.2 Å². The van der Waals surface area contributed by atoms with Crippen LogP contribution in [0.5, 0.6) is 0 Å². The molecule has 0 spiro atoms. The second kappa shape index (κ2) is 8.87. The zero-order valence-electron chi connectivity index (χ0n) is 17.5. The number of amides is 2. The summed E-state index contributed by atoms with van der Waals surface area (Å²) in [4.78, 5) is 26.8. The van der Waals surface area contributed by atoms with Gasteiger partial charge in [0.1, 0.15) is 5.56 Å². The molecule has 2 fully saturated rings. The minimum absolute atomic E-state index is 0.0583. The number of carbonyl (C=O) groups excluding carboxylic acids is 2. The molecule has 1 atom stereocenters. The van der Waals surface area contributed by atoms with Crippen molar-refractivity contribution in [2.45, 2.75) is 39.2 Å². The number of hydrogen-bond acceptors (Lipinski definition) is 5. The molecule has 0 bridgehead atoms. The van der Waals surface area contributed by atoms with Gasteiger partial charge in [-0.3, -0.25) is 0 Å². The molecule has 30 heavy (non-hydrogen) atoms. The summed E-state index contributed by atoms with van der Waals surface area (Å²) in [6.07, 6.45) is 4.67. The lowest BCUT2D eigenvalue weighted by molar-refractivity contribution is 0.0525. The first-order valence-corrected chi connectivity index (χ1v) is 10.5. The lowest BCUT2D eigenvalue weighted by atomic mass is 10.1. The molecule has 8 nitrogen and oxygen atoms in total. The lowest BCUT2D eigenvalue weighted by Crippen LogP contribution is -2.40. The van der Waals surface area contributed by atoms with Crippen molar-refractivity contribution in [3.05, 3.63) is 41.7 Å². The van der Waals surface area contributed by atoms with Gasteiger partial charge in [0.05, 0.1) is 30.8 Å². The van der Waals surface area contributed by atoms with E-state index < -0.39 is 0 Å². The molecule has 1 aromatic carbocycles. The molecule has 1 saturated heterocycles. The van der Waals surface area contributed by atoms with E-state index in [-0.39, 0.29) is 12.0 Å². The maximum atomic E-state index is 12.8. The Labute approximate surface area is 176 Å². The SMILES string of the molecule is CCOC(=O)c1cnn(-c2ccc(NC(=O)N(C[C@@H]3CCOC3)C3CC3)cc2)c1C. The van der Waals surface area contributed by atoms with Gasteiger partial charge in [0.15, 0.2) is 0 Å². The number of carbonyl (C=O) groups is 2. The number of nitrogens with one attached hydrogen (secondary N) is 1. The standard InChI is InChI=1S/C22H28N4O4/c1-3-30-21(27)20-12-23-26(15(20)2)19-6-4-17(5-7-19)24-22(28)25(18-8-9-18)13-16-10-11-29-14-16/h4-7,12,16,18H,3,8-11,13-14H2,1-2H3,(H,24,28)/t16-/m0/s1. The quantitative estimate of drug-likeness (QED) is 0.705. The summed E-state index contributed by atoms with van der Waals surface area (Å²) in [5, 5.41) is 7.32. The van der Waals surface area contributed by atoms with E-state index in [9.17, 15) is 9.59 Å². The molecule has 1 saturated carbocycles. The summed E-state index contributed by atoms with van der Waals surface area (Å²) < 4.78 is 12.2. The van der Waals surface area contributed by atoms with Gasteiger partial charge in [0.2, 0.25) is 0 Å². The molecule has 8 heteroatoms.